The van der Waals surface area contributed by atoms with Crippen LogP contribution in [0.4, 0.5) is 5.69 Å². The molecule has 0 saturated heterocycles. The lowest BCUT2D eigenvalue weighted by atomic mass is 9.64. The van der Waals surface area contributed by atoms with Gasteiger partial charge in [-0.05, 0) is 48.6 Å². The number of rotatable bonds is 3. The van der Waals surface area contributed by atoms with Crippen molar-refractivity contribution in [2.24, 2.45) is 0 Å². The van der Waals surface area contributed by atoms with Gasteiger partial charge in [-0.1, -0.05) is 24.3 Å². The Morgan fingerprint density at radius 3 is 2.68 bits per heavy atom. The largest absolute Gasteiger partial charge is 0.493 e. The van der Waals surface area contributed by atoms with Gasteiger partial charge in [-0.15, -0.1) is 0 Å². The predicted octanol–water partition coefficient (Wildman–Crippen LogP) is 4.23. The zero-order chi connectivity index (χ0) is 17.4. The summed E-state index contributed by atoms with van der Waals surface area (Å²) in [6.07, 6.45) is 2.66. The molecule has 1 aliphatic heterocycles. The summed E-state index contributed by atoms with van der Waals surface area (Å²) in [4.78, 5) is 0. The highest BCUT2D eigenvalue weighted by molar-refractivity contribution is 5.60. The molecule has 1 N–H and O–H groups in total. The van der Waals surface area contributed by atoms with E-state index in [0.717, 1.165) is 24.8 Å². The minimum absolute atomic E-state index is 0.373. The Hall–Kier alpha value is -2.67. The number of nitrogens with one attached hydrogen (secondary N) is 1. The van der Waals surface area contributed by atoms with Gasteiger partial charge in [0, 0.05) is 17.6 Å². The number of nitrogens with zero attached hydrogens (tertiary/aromatic N) is 1. The Morgan fingerprint density at radius 1 is 1.12 bits per heavy atom. The van der Waals surface area contributed by atoms with Crippen LogP contribution in [0.15, 0.2) is 42.5 Å². The molecule has 128 valence electrons. The molecule has 1 saturated carbocycles. The zero-order valence-corrected chi connectivity index (χ0v) is 14.6. The van der Waals surface area contributed by atoms with Crippen LogP contribution in [0.25, 0.3) is 0 Å². The molecule has 0 radical (unpaired) electrons. The Balaban J connectivity index is 1.72. The third-order valence-corrected chi connectivity index (χ3v) is 5.79. The van der Waals surface area contributed by atoms with E-state index in [1.807, 2.05) is 18.2 Å². The maximum atomic E-state index is 10.1. The van der Waals surface area contributed by atoms with Gasteiger partial charge in [0.1, 0.15) is 0 Å². The molecule has 1 fully saturated rings. The highest BCUT2D eigenvalue weighted by atomic mass is 16.5. The van der Waals surface area contributed by atoms with Crippen molar-refractivity contribution >= 4 is 5.69 Å². The van der Waals surface area contributed by atoms with E-state index in [2.05, 4.69) is 35.7 Å². The first-order valence-electron chi connectivity index (χ1n) is 8.70. The predicted molar refractivity (Wildman–Crippen MR) is 97.3 cm³/mol. The van der Waals surface area contributed by atoms with Gasteiger partial charge in [0.2, 0.25) is 0 Å². The van der Waals surface area contributed by atoms with Crippen molar-refractivity contribution in [1.82, 2.24) is 0 Å². The van der Waals surface area contributed by atoms with Crippen molar-refractivity contribution in [3.05, 3.63) is 53.6 Å². The molecule has 4 rings (SSSR count). The average Bonchev–Trinajstić information content (AvgIpc) is 3.04. The molecule has 2 aliphatic rings. The highest BCUT2D eigenvalue weighted by Crippen LogP contribution is 2.51. The maximum absolute atomic E-state index is 10.1. The van der Waals surface area contributed by atoms with E-state index in [4.69, 9.17) is 9.47 Å². The van der Waals surface area contributed by atoms with Crippen LogP contribution in [0.2, 0.25) is 0 Å². The monoisotopic (exact) mass is 334 g/mol. The number of nitriles is 1. The molecule has 1 heterocycles. The van der Waals surface area contributed by atoms with Crippen molar-refractivity contribution in [2.45, 2.75) is 36.6 Å². The number of methoxy groups -OCH3 is 2. The number of ether oxygens (including phenoxy) is 2. The molecular weight excluding hydrogens is 312 g/mol. The summed E-state index contributed by atoms with van der Waals surface area (Å²) in [6.45, 7) is 0. The van der Waals surface area contributed by atoms with Crippen molar-refractivity contribution in [3.8, 4) is 17.6 Å². The Morgan fingerprint density at radius 2 is 1.92 bits per heavy atom. The molecule has 3 atom stereocenters. The third kappa shape index (κ3) is 2.42. The van der Waals surface area contributed by atoms with Crippen molar-refractivity contribution < 1.29 is 9.47 Å². The minimum atomic E-state index is -0.486. The third-order valence-electron chi connectivity index (χ3n) is 5.79. The van der Waals surface area contributed by atoms with Gasteiger partial charge >= 0.3 is 0 Å². The van der Waals surface area contributed by atoms with E-state index in [9.17, 15) is 5.26 Å². The van der Waals surface area contributed by atoms with Crippen LogP contribution in [-0.2, 0) is 5.41 Å². The second kappa shape index (κ2) is 6.00. The molecule has 2 aromatic rings. The van der Waals surface area contributed by atoms with Gasteiger partial charge in [-0.25, -0.2) is 0 Å². The summed E-state index contributed by atoms with van der Waals surface area (Å²) < 4.78 is 10.8. The number of hydrogen-bond donors (Lipinski definition) is 1. The first-order chi connectivity index (χ1) is 12.2. The highest BCUT2D eigenvalue weighted by Gasteiger charge is 2.46. The second-order valence-electron chi connectivity index (χ2n) is 6.95. The molecule has 1 aliphatic carbocycles. The van der Waals surface area contributed by atoms with Crippen LogP contribution in [0.3, 0.4) is 0 Å². The van der Waals surface area contributed by atoms with Gasteiger partial charge in [0.25, 0.3) is 0 Å². The SMILES string of the molecule is COc1ccc([C@@]2(C#N)CC[C@@H]3Nc4ccccc4[C@@H]3C2)cc1OC. The van der Waals surface area contributed by atoms with Crippen LogP contribution in [0.1, 0.15) is 36.3 Å². The lowest BCUT2D eigenvalue weighted by Crippen LogP contribution is -2.38. The summed E-state index contributed by atoms with van der Waals surface area (Å²) in [5, 5.41) is 13.7. The number of benzene rings is 2. The molecule has 25 heavy (non-hydrogen) atoms. The van der Waals surface area contributed by atoms with Crippen LogP contribution in [0, 0.1) is 11.3 Å². The standard InChI is InChI=1S/C21H22N2O2/c1-24-19-8-7-14(11-20(19)25-2)21(13-22)10-9-18-16(12-21)15-5-3-4-6-17(15)23-18/h3-8,11,16,18,23H,9-10,12H2,1-2H3/t16-,18-,21-/m0/s1. The average molecular weight is 334 g/mol. The van der Waals surface area contributed by atoms with E-state index < -0.39 is 5.41 Å². The van der Waals surface area contributed by atoms with E-state index in [-0.39, 0.29) is 0 Å². The van der Waals surface area contributed by atoms with E-state index in [1.165, 1.54) is 11.3 Å². The molecule has 0 bridgehead atoms. The summed E-state index contributed by atoms with van der Waals surface area (Å²) in [6, 6.07) is 17.4. The van der Waals surface area contributed by atoms with Crippen LogP contribution < -0.4 is 14.8 Å². The van der Waals surface area contributed by atoms with E-state index >= 15 is 0 Å². The van der Waals surface area contributed by atoms with E-state index in [0.29, 0.717) is 23.5 Å². The molecule has 2 aromatic carbocycles. The van der Waals surface area contributed by atoms with Gasteiger partial charge in [0.05, 0.1) is 25.7 Å². The first-order valence-corrected chi connectivity index (χ1v) is 8.70. The molecular formula is C21H22N2O2. The second-order valence-corrected chi connectivity index (χ2v) is 6.95. The van der Waals surface area contributed by atoms with Crippen molar-refractivity contribution in [3.63, 3.8) is 0 Å². The van der Waals surface area contributed by atoms with Gasteiger partial charge < -0.3 is 14.8 Å². The van der Waals surface area contributed by atoms with Crippen LogP contribution in [0.5, 0.6) is 11.5 Å². The van der Waals surface area contributed by atoms with Gasteiger partial charge in [-0.3, -0.25) is 0 Å². The summed E-state index contributed by atoms with van der Waals surface area (Å²) in [5.74, 6) is 1.75. The zero-order valence-electron chi connectivity index (χ0n) is 14.6. The number of anilines is 1. The van der Waals surface area contributed by atoms with E-state index in [1.54, 1.807) is 14.2 Å². The molecule has 0 spiro atoms. The van der Waals surface area contributed by atoms with Crippen LogP contribution in [-0.4, -0.2) is 20.3 Å². The van der Waals surface area contributed by atoms with Gasteiger partial charge in [-0.2, -0.15) is 5.26 Å². The molecule has 4 nitrogen and oxygen atoms in total. The van der Waals surface area contributed by atoms with Gasteiger partial charge in [0.15, 0.2) is 11.5 Å². The fraction of sp³-hybridized carbons (Fsp3) is 0.381. The lowest BCUT2D eigenvalue weighted by Gasteiger charge is -2.38. The maximum Gasteiger partial charge on any atom is 0.161 e. The number of fused-ring (bicyclic) bond motifs is 3. The number of para-hydroxylation sites is 1. The normalized spacial score (nSPS) is 26.8. The Kier molecular flexibility index (Phi) is 3.80. The molecule has 4 heteroatoms. The van der Waals surface area contributed by atoms with Crippen LogP contribution >= 0.6 is 0 Å². The first kappa shape index (κ1) is 15.8. The number of hydrogen-bond acceptors (Lipinski definition) is 4. The lowest BCUT2D eigenvalue weighted by molar-refractivity contribution is 0.312. The molecule has 0 amide bonds. The topological polar surface area (TPSA) is 54.3 Å². The Labute approximate surface area is 148 Å². The van der Waals surface area contributed by atoms with Crippen molar-refractivity contribution in [2.75, 3.05) is 19.5 Å². The molecule has 0 unspecified atom stereocenters. The summed E-state index contributed by atoms with van der Waals surface area (Å²) in [7, 11) is 3.26. The fourth-order valence-corrected chi connectivity index (χ4v) is 4.44. The molecule has 0 aromatic heterocycles. The summed E-state index contributed by atoms with van der Waals surface area (Å²) in [5.41, 5.74) is 3.10. The quantitative estimate of drug-likeness (QED) is 0.913. The minimum Gasteiger partial charge on any atom is -0.493 e. The fourth-order valence-electron chi connectivity index (χ4n) is 4.44. The Bertz CT molecular complexity index is 842. The summed E-state index contributed by atoms with van der Waals surface area (Å²) >= 11 is 0. The smallest absolute Gasteiger partial charge is 0.161 e. The van der Waals surface area contributed by atoms with Crippen molar-refractivity contribution in [1.29, 1.82) is 5.26 Å².